The quantitative estimate of drug-likeness (QED) is 0.800. The van der Waals surface area contributed by atoms with Gasteiger partial charge in [0.05, 0.1) is 15.7 Å². The molecule has 0 saturated carbocycles. The minimum Gasteiger partial charge on any atom is -0.292 e. The van der Waals surface area contributed by atoms with Crippen LogP contribution in [0.15, 0.2) is 30.5 Å². The summed E-state index contributed by atoms with van der Waals surface area (Å²) in [6.45, 7) is 2.08. The Morgan fingerprint density at radius 3 is 2.65 bits per heavy atom. The van der Waals surface area contributed by atoms with Crippen LogP contribution in [0.4, 0.5) is 0 Å². The maximum Gasteiger partial charge on any atom is 0.184 e. The van der Waals surface area contributed by atoms with E-state index < -0.39 is 0 Å². The molecule has 0 N–H and O–H groups in total. The standard InChI is InChI=1S/C12H10Cl2N2O/c1-8-4-5-16(15-8)7-12(17)9-2-3-10(13)11(14)6-9/h2-6H,7H2,1H3. The first-order chi connectivity index (χ1) is 8.06. The Bertz CT molecular complexity index is 563. The molecule has 0 unspecified atom stereocenters. The van der Waals surface area contributed by atoms with Gasteiger partial charge in [-0.25, -0.2) is 0 Å². The van der Waals surface area contributed by atoms with Gasteiger partial charge in [0.1, 0.15) is 6.54 Å². The zero-order valence-corrected chi connectivity index (χ0v) is 10.7. The number of aromatic nitrogens is 2. The third-order valence-corrected chi connectivity index (χ3v) is 3.06. The van der Waals surface area contributed by atoms with Crippen LogP contribution in [0.1, 0.15) is 16.1 Å². The molecular formula is C12H10Cl2N2O. The van der Waals surface area contributed by atoms with E-state index in [9.17, 15) is 4.79 Å². The maximum atomic E-state index is 11.9. The number of aryl methyl sites for hydroxylation is 1. The first kappa shape index (κ1) is 12.1. The molecule has 0 radical (unpaired) electrons. The van der Waals surface area contributed by atoms with Crippen LogP contribution in [-0.2, 0) is 6.54 Å². The van der Waals surface area contributed by atoms with Crippen molar-refractivity contribution in [3.8, 4) is 0 Å². The number of ketones is 1. The summed E-state index contributed by atoms with van der Waals surface area (Å²) in [5.41, 5.74) is 1.42. The van der Waals surface area contributed by atoms with Crippen molar-refractivity contribution in [1.29, 1.82) is 0 Å². The van der Waals surface area contributed by atoms with Crippen molar-refractivity contribution in [1.82, 2.24) is 9.78 Å². The van der Waals surface area contributed by atoms with Gasteiger partial charge in [-0.15, -0.1) is 0 Å². The Morgan fingerprint density at radius 2 is 2.06 bits per heavy atom. The highest BCUT2D eigenvalue weighted by molar-refractivity contribution is 6.42. The normalized spacial score (nSPS) is 10.5. The van der Waals surface area contributed by atoms with E-state index in [2.05, 4.69) is 5.10 Å². The summed E-state index contributed by atoms with van der Waals surface area (Å²) >= 11 is 11.6. The molecule has 0 spiro atoms. The number of rotatable bonds is 3. The lowest BCUT2D eigenvalue weighted by atomic mass is 10.1. The Hall–Kier alpha value is -1.32. The van der Waals surface area contributed by atoms with Crippen LogP contribution in [0.5, 0.6) is 0 Å². The second-order valence-electron chi connectivity index (χ2n) is 3.71. The third kappa shape index (κ3) is 2.87. The van der Waals surface area contributed by atoms with Gasteiger partial charge in [-0.1, -0.05) is 23.2 Å². The Labute approximate surface area is 109 Å². The second-order valence-corrected chi connectivity index (χ2v) is 4.52. The van der Waals surface area contributed by atoms with Crippen LogP contribution in [-0.4, -0.2) is 15.6 Å². The van der Waals surface area contributed by atoms with Crippen molar-refractivity contribution in [2.24, 2.45) is 0 Å². The fraction of sp³-hybridized carbons (Fsp3) is 0.167. The number of halogens is 2. The fourth-order valence-corrected chi connectivity index (χ4v) is 1.76. The summed E-state index contributed by atoms with van der Waals surface area (Å²) in [4.78, 5) is 11.9. The van der Waals surface area contributed by atoms with E-state index in [-0.39, 0.29) is 12.3 Å². The van der Waals surface area contributed by atoms with Crippen molar-refractivity contribution in [3.05, 3.63) is 51.8 Å². The second kappa shape index (κ2) is 4.90. The zero-order chi connectivity index (χ0) is 12.4. The van der Waals surface area contributed by atoms with E-state index in [1.807, 2.05) is 13.0 Å². The van der Waals surface area contributed by atoms with Crippen LogP contribution >= 0.6 is 23.2 Å². The lowest BCUT2D eigenvalue weighted by Crippen LogP contribution is -2.11. The van der Waals surface area contributed by atoms with Crippen molar-refractivity contribution in [3.63, 3.8) is 0 Å². The number of carbonyl (C=O) groups is 1. The Kier molecular flexibility index (Phi) is 3.50. The third-order valence-electron chi connectivity index (χ3n) is 2.32. The lowest BCUT2D eigenvalue weighted by molar-refractivity contribution is 0.0967. The first-order valence-corrected chi connectivity index (χ1v) is 5.80. The monoisotopic (exact) mass is 268 g/mol. The van der Waals surface area contributed by atoms with Crippen molar-refractivity contribution in [2.45, 2.75) is 13.5 Å². The van der Waals surface area contributed by atoms with Gasteiger partial charge in [0, 0.05) is 11.8 Å². The predicted octanol–water partition coefficient (Wildman–Crippen LogP) is 3.38. The number of benzene rings is 1. The SMILES string of the molecule is Cc1ccn(CC(=O)c2ccc(Cl)c(Cl)c2)n1. The molecule has 0 amide bonds. The topological polar surface area (TPSA) is 34.9 Å². The molecule has 5 heteroatoms. The number of Topliss-reactive ketones (excluding diaryl/α,β-unsaturated/α-hetero) is 1. The molecule has 3 nitrogen and oxygen atoms in total. The minimum absolute atomic E-state index is 0.0494. The van der Waals surface area contributed by atoms with Gasteiger partial charge in [0.25, 0.3) is 0 Å². The van der Waals surface area contributed by atoms with E-state index in [4.69, 9.17) is 23.2 Å². The summed E-state index contributed by atoms with van der Waals surface area (Å²) in [7, 11) is 0. The van der Waals surface area contributed by atoms with Gasteiger partial charge in [-0.2, -0.15) is 5.10 Å². The summed E-state index contributed by atoms with van der Waals surface area (Å²) in [6.07, 6.45) is 1.77. The van der Waals surface area contributed by atoms with E-state index in [1.54, 1.807) is 29.1 Å². The summed E-state index contributed by atoms with van der Waals surface area (Å²) in [5.74, 6) is -0.0494. The molecule has 17 heavy (non-hydrogen) atoms. The van der Waals surface area contributed by atoms with Crippen molar-refractivity contribution < 1.29 is 4.79 Å². The molecule has 1 aromatic heterocycles. The number of hydrogen-bond donors (Lipinski definition) is 0. The molecule has 0 atom stereocenters. The molecule has 0 aliphatic heterocycles. The fourth-order valence-electron chi connectivity index (χ4n) is 1.46. The number of hydrogen-bond acceptors (Lipinski definition) is 2. The maximum absolute atomic E-state index is 11.9. The van der Waals surface area contributed by atoms with E-state index in [0.717, 1.165) is 5.69 Å². The van der Waals surface area contributed by atoms with E-state index in [0.29, 0.717) is 15.6 Å². The van der Waals surface area contributed by atoms with Crippen LogP contribution in [0, 0.1) is 6.92 Å². The Balaban J connectivity index is 2.17. The smallest absolute Gasteiger partial charge is 0.184 e. The molecular weight excluding hydrogens is 259 g/mol. The number of nitrogens with zero attached hydrogens (tertiary/aromatic N) is 2. The van der Waals surface area contributed by atoms with Gasteiger partial charge < -0.3 is 0 Å². The largest absolute Gasteiger partial charge is 0.292 e. The van der Waals surface area contributed by atoms with Gasteiger partial charge in [0.15, 0.2) is 5.78 Å². The molecule has 1 heterocycles. The van der Waals surface area contributed by atoms with E-state index in [1.165, 1.54) is 0 Å². The highest BCUT2D eigenvalue weighted by atomic mass is 35.5. The molecule has 1 aromatic carbocycles. The zero-order valence-electron chi connectivity index (χ0n) is 9.15. The van der Waals surface area contributed by atoms with Gasteiger partial charge in [-0.3, -0.25) is 9.48 Å². The van der Waals surface area contributed by atoms with Crippen LogP contribution in [0.3, 0.4) is 0 Å². The lowest BCUT2D eigenvalue weighted by Gasteiger charge is -2.03. The van der Waals surface area contributed by atoms with Gasteiger partial charge in [0.2, 0.25) is 0 Å². The first-order valence-electron chi connectivity index (χ1n) is 5.04. The summed E-state index contributed by atoms with van der Waals surface area (Å²) in [6, 6.07) is 6.70. The van der Waals surface area contributed by atoms with Crippen LogP contribution in [0.2, 0.25) is 10.0 Å². The summed E-state index contributed by atoms with van der Waals surface area (Å²) in [5, 5.41) is 4.98. The molecule has 0 saturated heterocycles. The molecule has 0 fully saturated rings. The average Bonchev–Trinajstić information content (AvgIpc) is 2.68. The summed E-state index contributed by atoms with van der Waals surface area (Å²) < 4.78 is 1.60. The molecule has 2 rings (SSSR count). The minimum atomic E-state index is -0.0494. The highest BCUT2D eigenvalue weighted by Crippen LogP contribution is 2.22. The Morgan fingerprint density at radius 1 is 1.29 bits per heavy atom. The predicted molar refractivity (Wildman–Crippen MR) is 67.8 cm³/mol. The average molecular weight is 269 g/mol. The molecule has 0 aliphatic rings. The van der Waals surface area contributed by atoms with Crippen LogP contribution in [0.25, 0.3) is 0 Å². The highest BCUT2D eigenvalue weighted by Gasteiger charge is 2.09. The van der Waals surface area contributed by atoms with Gasteiger partial charge in [-0.05, 0) is 31.2 Å². The number of carbonyl (C=O) groups excluding carboxylic acids is 1. The molecule has 88 valence electrons. The molecule has 2 aromatic rings. The van der Waals surface area contributed by atoms with Crippen molar-refractivity contribution >= 4 is 29.0 Å². The molecule has 0 bridgehead atoms. The molecule has 0 aliphatic carbocycles. The van der Waals surface area contributed by atoms with Gasteiger partial charge >= 0.3 is 0 Å². The van der Waals surface area contributed by atoms with E-state index >= 15 is 0 Å². The van der Waals surface area contributed by atoms with Crippen molar-refractivity contribution in [2.75, 3.05) is 0 Å². The van der Waals surface area contributed by atoms with Crippen LogP contribution < -0.4 is 0 Å².